The summed E-state index contributed by atoms with van der Waals surface area (Å²) in [6.45, 7) is 8.60. The number of imidazole rings is 1. The second-order valence-electron chi connectivity index (χ2n) is 10.8. The summed E-state index contributed by atoms with van der Waals surface area (Å²) in [4.78, 5) is 38.6. The maximum absolute atomic E-state index is 13.9. The number of fused-ring (bicyclic) bond motifs is 2. The minimum absolute atomic E-state index is 0.0805. The van der Waals surface area contributed by atoms with Crippen LogP contribution in [0.25, 0.3) is 21.6 Å². The number of aliphatic hydroxyl groups excluding tert-OH is 1. The Labute approximate surface area is 264 Å². The van der Waals surface area contributed by atoms with Gasteiger partial charge in [-0.05, 0) is 74.7 Å². The second kappa shape index (κ2) is 12.2. The molecule has 1 aliphatic heterocycles. The number of anilines is 1. The van der Waals surface area contributed by atoms with Crippen molar-refractivity contribution >= 4 is 49.8 Å². The molecule has 10 nitrogen and oxygen atoms in total. The number of benzene rings is 2. The standard InChI is InChI=1S/C34H34N4O6S/c1-6-8-16-44-24-14-11-21(17-25(24)43-7-2)29-27(30(39)28-20(4)37-15-9-10-19(3)32(37)36-28)31(40)33(41)38(29)34-35-23-13-12-22(42-5)18-26(23)45-34/h9-15,17-18,29,39H,6-8,16H2,1-5H3/b30-27+. The van der Waals surface area contributed by atoms with Crippen LogP contribution >= 0.6 is 11.3 Å². The van der Waals surface area contributed by atoms with Crippen LogP contribution in [0.5, 0.6) is 17.2 Å². The number of Topliss-reactive ketones (excluding diaryl/α,β-unsaturated/α-hetero) is 1. The van der Waals surface area contributed by atoms with Crippen LogP contribution in [0.4, 0.5) is 5.13 Å². The average Bonchev–Trinajstić information content (AvgIpc) is 3.69. The molecular formula is C34H34N4O6S. The highest BCUT2D eigenvalue weighted by atomic mass is 32.1. The number of hydrogen-bond acceptors (Lipinski definition) is 9. The van der Waals surface area contributed by atoms with Gasteiger partial charge in [-0.25, -0.2) is 9.97 Å². The van der Waals surface area contributed by atoms with E-state index in [0.717, 1.165) is 23.1 Å². The topological polar surface area (TPSA) is 115 Å². The largest absolute Gasteiger partial charge is 0.505 e. The fourth-order valence-corrected chi connectivity index (χ4v) is 6.57. The van der Waals surface area contributed by atoms with Crippen LogP contribution in [0, 0.1) is 13.8 Å². The Morgan fingerprint density at radius 2 is 1.84 bits per heavy atom. The molecule has 1 aliphatic rings. The van der Waals surface area contributed by atoms with Crippen LogP contribution in [0.15, 0.2) is 60.3 Å². The monoisotopic (exact) mass is 626 g/mol. The first-order chi connectivity index (χ1) is 21.8. The number of ketones is 1. The van der Waals surface area contributed by atoms with Crippen LogP contribution < -0.4 is 19.1 Å². The Morgan fingerprint density at radius 1 is 1.02 bits per heavy atom. The molecule has 0 radical (unpaired) electrons. The fourth-order valence-electron chi connectivity index (χ4n) is 5.55. The third-order valence-corrected chi connectivity index (χ3v) is 8.90. The number of carbonyl (C=O) groups is 2. The summed E-state index contributed by atoms with van der Waals surface area (Å²) in [6.07, 6.45) is 3.71. The lowest BCUT2D eigenvalue weighted by molar-refractivity contribution is -0.132. The summed E-state index contributed by atoms with van der Waals surface area (Å²) >= 11 is 1.26. The van der Waals surface area contributed by atoms with E-state index in [1.807, 2.05) is 49.6 Å². The molecule has 1 unspecified atom stereocenters. The third kappa shape index (κ3) is 5.27. The lowest BCUT2D eigenvalue weighted by atomic mass is 9.96. The van der Waals surface area contributed by atoms with Gasteiger partial charge in [0.25, 0.3) is 5.78 Å². The number of rotatable bonds is 10. The van der Waals surface area contributed by atoms with E-state index < -0.39 is 17.7 Å². The van der Waals surface area contributed by atoms with Gasteiger partial charge in [-0.15, -0.1) is 0 Å². The SMILES string of the molecule is CCCCOc1ccc(C2/C(=C(\O)c3nc4c(C)cccn4c3C)C(=O)C(=O)N2c2nc3ccc(OC)cc3s2)cc1OCC. The molecule has 232 valence electrons. The van der Waals surface area contributed by atoms with Crippen molar-refractivity contribution in [1.82, 2.24) is 14.4 Å². The predicted molar refractivity (Wildman–Crippen MR) is 174 cm³/mol. The smallest absolute Gasteiger partial charge is 0.301 e. The molecule has 4 heterocycles. The van der Waals surface area contributed by atoms with Crippen molar-refractivity contribution in [1.29, 1.82) is 0 Å². The van der Waals surface area contributed by atoms with Crippen LogP contribution in [-0.2, 0) is 9.59 Å². The van der Waals surface area contributed by atoms with E-state index in [1.54, 1.807) is 37.4 Å². The number of hydrogen-bond donors (Lipinski definition) is 1. The molecule has 1 amide bonds. The molecule has 45 heavy (non-hydrogen) atoms. The Hall–Kier alpha value is -4.90. The normalized spacial score (nSPS) is 16.2. The highest BCUT2D eigenvalue weighted by Gasteiger charge is 2.49. The molecule has 0 spiro atoms. The minimum atomic E-state index is -1.01. The molecule has 0 saturated carbocycles. The van der Waals surface area contributed by atoms with Gasteiger partial charge in [-0.3, -0.25) is 14.5 Å². The molecule has 3 aromatic heterocycles. The highest BCUT2D eigenvalue weighted by molar-refractivity contribution is 7.22. The van der Waals surface area contributed by atoms with E-state index in [4.69, 9.17) is 24.2 Å². The van der Waals surface area contributed by atoms with Crippen LogP contribution in [0.3, 0.4) is 0 Å². The van der Waals surface area contributed by atoms with Crippen molar-refractivity contribution in [2.24, 2.45) is 0 Å². The number of unbranched alkanes of at least 4 members (excludes halogenated alkanes) is 1. The molecule has 1 saturated heterocycles. The number of thiazole rings is 1. The van der Waals surface area contributed by atoms with Gasteiger partial charge >= 0.3 is 5.91 Å². The molecule has 5 aromatic rings. The van der Waals surface area contributed by atoms with Crippen LogP contribution in [0.1, 0.15) is 55.2 Å². The zero-order valence-electron chi connectivity index (χ0n) is 25.8. The van der Waals surface area contributed by atoms with Crippen LogP contribution in [0.2, 0.25) is 0 Å². The Morgan fingerprint density at radius 3 is 2.58 bits per heavy atom. The molecule has 2 aromatic carbocycles. The first-order valence-corrected chi connectivity index (χ1v) is 15.7. The summed E-state index contributed by atoms with van der Waals surface area (Å²) in [5.41, 5.74) is 3.54. The molecule has 0 bridgehead atoms. The number of methoxy groups -OCH3 is 1. The minimum Gasteiger partial charge on any atom is -0.505 e. The number of ether oxygens (including phenoxy) is 3. The van der Waals surface area contributed by atoms with E-state index in [0.29, 0.717) is 58.0 Å². The highest BCUT2D eigenvalue weighted by Crippen LogP contribution is 2.46. The quantitative estimate of drug-likeness (QED) is 0.0782. The van der Waals surface area contributed by atoms with Gasteiger partial charge in [-0.2, -0.15) is 0 Å². The van der Waals surface area contributed by atoms with E-state index in [2.05, 4.69) is 6.92 Å². The third-order valence-electron chi connectivity index (χ3n) is 7.88. The average molecular weight is 627 g/mol. The Kier molecular flexibility index (Phi) is 8.20. The number of amides is 1. The van der Waals surface area contributed by atoms with Crippen molar-refractivity contribution in [2.75, 3.05) is 25.2 Å². The van der Waals surface area contributed by atoms with E-state index >= 15 is 0 Å². The maximum Gasteiger partial charge on any atom is 0.301 e. The van der Waals surface area contributed by atoms with Gasteiger partial charge in [0.2, 0.25) is 0 Å². The van der Waals surface area contributed by atoms with Gasteiger partial charge < -0.3 is 23.7 Å². The van der Waals surface area contributed by atoms with Gasteiger partial charge in [-0.1, -0.05) is 36.8 Å². The number of pyridine rings is 1. The lowest BCUT2D eigenvalue weighted by Gasteiger charge is -2.24. The summed E-state index contributed by atoms with van der Waals surface area (Å²) in [6, 6.07) is 13.6. The van der Waals surface area contributed by atoms with Gasteiger partial charge in [0.15, 0.2) is 22.4 Å². The molecule has 11 heteroatoms. The summed E-state index contributed by atoms with van der Waals surface area (Å²) in [7, 11) is 1.58. The van der Waals surface area contributed by atoms with Gasteiger partial charge in [0.05, 0.1) is 47.8 Å². The lowest BCUT2D eigenvalue weighted by Crippen LogP contribution is -2.29. The number of nitrogens with zero attached hydrogens (tertiary/aromatic N) is 4. The number of aryl methyl sites for hydroxylation is 2. The summed E-state index contributed by atoms with van der Waals surface area (Å²) in [5.74, 6) is -0.301. The zero-order valence-corrected chi connectivity index (χ0v) is 26.6. The summed E-state index contributed by atoms with van der Waals surface area (Å²) in [5, 5.41) is 12.2. The van der Waals surface area contributed by atoms with Crippen molar-refractivity contribution in [3.8, 4) is 17.2 Å². The fraction of sp³-hybridized carbons (Fsp3) is 0.294. The van der Waals surface area contributed by atoms with Crippen molar-refractivity contribution in [2.45, 2.75) is 46.6 Å². The predicted octanol–water partition coefficient (Wildman–Crippen LogP) is 6.77. The Bertz CT molecular complexity index is 1980. The number of aliphatic hydroxyl groups is 1. The van der Waals surface area contributed by atoms with Crippen molar-refractivity contribution in [3.05, 3.63) is 82.8 Å². The summed E-state index contributed by atoms with van der Waals surface area (Å²) < 4.78 is 20.0. The zero-order chi connectivity index (χ0) is 31.8. The van der Waals surface area contributed by atoms with Crippen LogP contribution in [-0.4, -0.2) is 51.5 Å². The Balaban J connectivity index is 1.56. The molecular weight excluding hydrogens is 592 g/mol. The van der Waals surface area contributed by atoms with Gasteiger partial charge in [0.1, 0.15) is 17.1 Å². The number of aromatic nitrogens is 3. The molecule has 0 aliphatic carbocycles. The van der Waals surface area contributed by atoms with Crippen molar-refractivity contribution < 1.29 is 28.9 Å². The number of carbonyl (C=O) groups excluding carboxylic acids is 2. The molecule has 1 fully saturated rings. The van der Waals surface area contributed by atoms with E-state index in [-0.39, 0.29) is 17.0 Å². The first-order valence-electron chi connectivity index (χ1n) is 14.9. The van der Waals surface area contributed by atoms with Gasteiger partial charge in [0, 0.05) is 6.20 Å². The molecule has 1 atom stereocenters. The second-order valence-corrected chi connectivity index (χ2v) is 11.8. The maximum atomic E-state index is 13.9. The van der Waals surface area contributed by atoms with E-state index in [1.165, 1.54) is 16.2 Å². The van der Waals surface area contributed by atoms with E-state index in [9.17, 15) is 14.7 Å². The molecule has 1 N–H and O–H groups in total. The first kappa shape index (κ1) is 30.1. The molecule has 6 rings (SSSR count). The van der Waals surface area contributed by atoms with Crippen molar-refractivity contribution in [3.63, 3.8) is 0 Å².